The van der Waals surface area contributed by atoms with Crippen molar-refractivity contribution in [1.82, 2.24) is 10.6 Å². The maximum absolute atomic E-state index is 4.77. The summed E-state index contributed by atoms with van der Waals surface area (Å²) in [5, 5.41) is 6.59. The van der Waals surface area contributed by atoms with Crippen molar-refractivity contribution < 1.29 is 0 Å². The number of rotatable bonds is 4. The lowest BCUT2D eigenvalue weighted by atomic mass is 9.91. The summed E-state index contributed by atoms with van der Waals surface area (Å²) in [5.41, 5.74) is 1.19. The van der Waals surface area contributed by atoms with Crippen molar-refractivity contribution in [3.8, 4) is 0 Å². The fourth-order valence-electron chi connectivity index (χ4n) is 2.60. The first-order valence-electron chi connectivity index (χ1n) is 7.52. The normalized spacial score (nSPS) is 25.4. The molecule has 0 aromatic carbocycles. The highest BCUT2D eigenvalue weighted by Crippen LogP contribution is 2.24. The number of nitrogens with one attached hydrogen (secondary N) is 2. The first kappa shape index (κ1) is 16.9. The van der Waals surface area contributed by atoms with Crippen LogP contribution in [-0.4, -0.2) is 38.7 Å². The van der Waals surface area contributed by atoms with E-state index in [1.165, 1.54) is 12.8 Å². The highest BCUT2D eigenvalue weighted by molar-refractivity contribution is 5.96. The molecular formula is C16H30N4. The van der Waals surface area contributed by atoms with E-state index in [0.29, 0.717) is 12.1 Å². The maximum atomic E-state index is 4.77. The Morgan fingerprint density at radius 1 is 1.15 bits per heavy atom. The Balaban J connectivity index is 2.78. The molecule has 0 atom stereocenters. The van der Waals surface area contributed by atoms with E-state index >= 15 is 0 Å². The molecule has 1 aliphatic rings. The molecular weight excluding hydrogens is 248 g/mol. The van der Waals surface area contributed by atoms with Gasteiger partial charge >= 0.3 is 0 Å². The number of nitrogens with zero attached hydrogens (tertiary/aromatic N) is 2. The lowest BCUT2D eigenvalue weighted by Gasteiger charge is -2.26. The SMILES string of the molecule is C=NC(C=C(NC)C(C)(C)C)=NC1CCC(NC)CC1. The number of hydrogen-bond acceptors (Lipinski definition) is 3. The monoisotopic (exact) mass is 278 g/mol. The Morgan fingerprint density at radius 3 is 2.15 bits per heavy atom. The summed E-state index contributed by atoms with van der Waals surface area (Å²) >= 11 is 0. The van der Waals surface area contributed by atoms with Crippen molar-refractivity contribution in [3.63, 3.8) is 0 Å². The summed E-state index contributed by atoms with van der Waals surface area (Å²) < 4.78 is 0. The van der Waals surface area contributed by atoms with Crippen LogP contribution in [0.4, 0.5) is 0 Å². The Bertz CT molecular complexity index is 368. The summed E-state index contributed by atoms with van der Waals surface area (Å²) in [4.78, 5) is 8.86. The molecule has 0 unspecified atom stereocenters. The number of aliphatic imine (C=N–C) groups is 2. The first-order chi connectivity index (χ1) is 9.40. The van der Waals surface area contributed by atoms with Crippen LogP contribution in [0.5, 0.6) is 0 Å². The molecule has 0 aliphatic heterocycles. The Hall–Kier alpha value is -1.16. The molecule has 0 bridgehead atoms. The van der Waals surface area contributed by atoms with E-state index in [4.69, 9.17) is 4.99 Å². The van der Waals surface area contributed by atoms with Crippen LogP contribution in [-0.2, 0) is 0 Å². The molecule has 4 heteroatoms. The minimum Gasteiger partial charge on any atom is -0.391 e. The standard InChI is InChI=1S/C16H30N4/c1-16(2,3)14(18-5)11-15(19-6)20-13-9-7-12(17-4)8-10-13/h11-13,17-18H,6-10H2,1-5H3. The summed E-state index contributed by atoms with van der Waals surface area (Å²) in [6, 6.07) is 1.04. The van der Waals surface area contributed by atoms with Crippen LogP contribution in [0.2, 0.25) is 0 Å². The molecule has 0 amide bonds. The summed E-state index contributed by atoms with van der Waals surface area (Å²) in [6.07, 6.45) is 6.66. The highest BCUT2D eigenvalue weighted by atomic mass is 14.9. The molecule has 0 aromatic rings. The predicted molar refractivity (Wildman–Crippen MR) is 88.7 cm³/mol. The van der Waals surface area contributed by atoms with Gasteiger partial charge in [-0.05, 0) is 39.4 Å². The number of allylic oxidation sites excluding steroid dienone is 1. The van der Waals surface area contributed by atoms with Gasteiger partial charge in [0.25, 0.3) is 0 Å². The zero-order valence-corrected chi connectivity index (χ0v) is 13.7. The van der Waals surface area contributed by atoms with Crippen molar-refractivity contribution in [2.24, 2.45) is 15.4 Å². The van der Waals surface area contributed by atoms with Crippen molar-refractivity contribution in [1.29, 1.82) is 0 Å². The van der Waals surface area contributed by atoms with Crippen LogP contribution in [0.15, 0.2) is 21.8 Å². The third kappa shape index (κ3) is 5.08. The van der Waals surface area contributed by atoms with Crippen LogP contribution in [0.25, 0.3) is 0 Å². The summed E-state index contributed by atoms with van der Waals surface area (Å²) in [5.74, 6) is 0.747. The van der Waals surface area contributed by atoms with Gasteiger partial charge in [-0.25, -0.2) is 4.99 Å². The molecule has 1 fully saturated rings. The van der Waals surface area contributed by atoms with E-state index in [1.807, 2.05) is 20.2 Å². The molecule has 2 N–H and O–H groups in total. The van der Waals surface area contributed by atoms with Crippen molar-refractivity contribution in [2.75, 3.05) is 14.1 Å². The first-order valence-corrected chi connectivity index (χ1v) is 7.52. The molecule has 1 aliphatic carbocycles. The topological polar surface area (TPSA) is 48.8 Å². The lowest BCUT2D eigenvalue weighted by molar-refractivity contribution is 0.360. The number of hydrogen-bond donors (Lipinski definition) is 2. The van der Waals surface area contributed by atoms with Crippen LogP contribution < -0.4 is 10.6 Å². The van der Waals surface area contributed by atoms with Gasteiger partial charge in [0.2, 0.25) is 0 Å². The fraction of sp³-hybridized carbons (Fsp3) is 0.750. The molecule has 0 saturated heterocycles. The third-order valence-electron chi connectivity index (χ3n) is 3.93. The van der Waals surface area contributed by atoms with Gasteiger partial charge in [0, 0.05) is 30.3 Å². The second-order valence-corrected chi connectivity index (χ2v) is 6.50. The molecule has 20 heavy (non-hydrogen) atoms. The minimum absolute atomic E-state index is 0.0595. The molecule has 1 rings (SSSR count). The van der Waals surface area contributed by atoms with Gasteiger partial charge in [-0.1, -0.05) is 20.8 Å². The maximum Gasteiger partial charge on any atom is 0.148 e. The Kier molecular flexibility index (Phi) is 6.40. The second-order valence-electron chi connectivity index (χ2n) is 6.50. The fourth-order valence-corrected chi connectivity index (χ4v) is 2.60. The Morgan fingerprint density at radius 2 is 1.75 bits per heavy atom. The van der Waals surface area contributed by atoms with E-state index in [-0.39, 0.29) is 5.41 Å². The van der Waals surface area contributed by atoms with Gasteiger partial charge in [-0.15, -0.1) is 0 Å². The smallest absolute Gasteiger partial charge is 0.148 e. The van der Waals surface area contributed by atoms with E-state index in [2.05, 4.69) is 43.1 Å². The van der Waals surface area contributed by atoms with E-state index in [9.17, 15) is 0 Å². The molecule has 0 radical (unpaired) electrons. The lowest BCUT2D eigenvalue weighted by Crippen LogP contribution is -2.31. The predicted octanol–water partition coefficient (Wildman–Crippen LogP) is 2.77. The van der Waals surface area contributed by atoms with Gasteiger partial charge < -0.3 is 10.6 Å². The van der Waals surface area contributed by atoms with E-state index < -0.39 is 0 Å². The minimum atomic E-state index is 0.0595. The molecule has 1 saturated carbocycles. The molecule has 0 aromatic heterocycles. The van der Waals surface area contributed by atoms with Crippen LogP contribution >= 0.6 is 0 Å². The molecule has 0 spiro atoms. The highest BCUT2D eigenvalue weighted by Gasteiger charge is 2.20. The van der Waals surface area contributed by atoms with Crippen molar-refractivity contribution in [2.45, 2.75) is 58.5 Å². The second kappa shape index (κ2) is 7.58. The summed E-state index contributed by atoms with van der Waals surface area (Å²) in [6.45, 7) is 10.2. The van der Waals surface area contributed by atoms with Crippen LogP contribution in [0.1, 0.15) is 46.5 Å². The Labute approximate surface area is 123 Å². The zero-order chi connectivity index (χ0) is 15.2. The molecule has 4 nitrogen and oxygen atoms in total. The van der Waals surface area contributed by atoms with E-state index in [0.717, 1.165) is 24.4 Å². The van der Waals surface area contributed by atoms with Gasteiger partial charge in [-0.2, -0.15) is 0 Å². The quantitative estimate of drug-likeness (QED) is 0.613. The van der Waals surface area contributed by atoms with Gasteiger partial charge in [-0.3, -0.25) is 4.99 Å². The third-order valence-corrected chi connectivity index (χ3v) is 3.93. The van der Waals surface area contributed by atoms with Gasteiger partial charge in [0.05, 0.1) is 6.04 Å². The van der Waals surface area contributed by atoms with Crippen molar-refractivity contribution in [3.05, 3.63) is 11.8 Å². The summed E-state index contributed by atoms with van der Waals surface area (Å²) in [7, 11) is 3.98. The van der Waals surface area contributed by atoms with E-state index in [1.54, 1.807) is 0 Å². The van der Waals surface area contributed by atoms with Gasteiger partial charge in [0.1, 0.15) is 5.84 Å². The average molecular weight is 278 g/mol. The van der Waals surface area contributed by atoms with Crippen molar-refractivity contribution >= 4 is 12.6 Å². The average Bonchev–Trinajstić information content (AvgIpc) is 2.42. The van der Waals surface area contributed by atoms with Gasteiger partial charge in [0.15, 0.2) is 0 Å². The molecule has 114 valence electrons. The van der Waals surface area contributed by atoms with Crippen LogP contribution in [0, 0.1) is 5.41 Å². The van der Waals surface area contributed by atoms with Crippen LogP contribution in [0.3, 0.4) is 0 Å². The number of amidine groups is 1. The zero-order valence-electron chi connectivity index (χ0n) is 13.7. The largest absolute Gasteiger partial charge is 0.391 e. The molecule has 0 heterocycles.